The molecule has 0 atom stereocenters. The number of carboxylic acid groups (broad SMARTS) is 1. The highest BCUT2D eigenvalue weighted by Crippen LogP contribution is 2.02. The molecular formula is C8H4O4. The molecule has 1 aromatic rings. The summed E-state index contributed by atoms with van der Waals surface area (Å²) in [6, 6.07) is 2.85. The lowest BCUT2D eigenvalue weighted by atomic mass is 10.4. The molecule has 0 aliphatic heterocycles. The zero-order chi connectivity index (χ0) is 8.97. The van der Waals surface area contributed by atoms with Gasteiger partial charge in [-0.05, 0) is 18.1 Å². The maximum Gasteiger partial charge on any atom is 0.382 e. The summed E-state index contributed by atoms with van der Waals surface area (Å²) in [5.74, 6) is 3.14. The van der Waals surface area contributed by atoms with Gasteiger partial charge in [-0.25, -0.2) is 4.79 Å². The number of aldehydes is 1. The van der Waals surface area contributed by atoms with Crippen molar-refractivity contribution in [1.29, 1.82) is 0 Å². The Kier molecular flexibility index (Phi) is 2.29. The monoisotopic (exact) mass is 164 g/mol. The Morgan fingerprint density at radius 3 is 2.83 bits per heavy atom. The smallest absolute Gasteiger partial charge is 0.382 e. The van der Waals surface area contributed by atoms with Gasteiger partial charge in [0.25, 0.3) is 0 Å². The van der Waals surface area contributed by atoms with E-state index in [-0.39, 0.29) is 11.5 Å². The first kappa shape index (κ1) is 8.08. The minimum atomic E-state index is -1.24. The standard InChI is InChI=1S/C8H4O4/c9-5-7-2-1-6(12-7)3-4-8(10)11/h1-2,5H,(H,10,11). The zero-order valence-electron chi connectivity index (χ0n) is 5.90. The molecule has 4 nitrogen and oxygen atoms in total. The second-order valence-electron chi connectivity index (χ2n) is 1.88. The van der Waals surface area contributed by atoms with Gasteiger partial charge in [0.1, 0.15) is 0 Å². The number of carbonyl (C=O) groups excluding carboxylic acids is 1. The zero-order valence-corrected chi connectivity index (χ0v) is 5.90. The van der Waals surface area contributed by atoms with Crippen LogP contribution in [0.2, 0.25) is 0 Å². The lowest BCUT2D eigenvalue weighted by Crippen LogP contribution is -1.86. The minimum Gasteiger partial charge on any atom is -0.472 e. The highest BCUT2D eigenvalue weighted by Gasteiger charge is 1.96. The molecule has 1 N–H and O–H groups in total. The summed E-state index contributed by atoms with van der Waals surface area (Å²) >= 11 is 0. The quantitative estimate of drug-likeness (QED) is 0.485. The second kappa shape index (κ2) is 3.39. The SMILES string of the molecule is O=Cc1ccc(C#CC(=O)O)o1. The second-order valence-corrected chi connectivity index (χ2v) is 1.88. The molecule has 0 unspecified atom stereocenters. The number of rotatable bonds is 1. The normalized spacial score (nSPS) is 8.33. The lowest BCUT2D eigenvalue weighted by molar-refractivity contribution is -0.130. The number of hydrogen-bond acceptors (Lipinski definition) is 3. The Bertz CT molecular complexity index is 364. The van der Waals surface area contributed by atoms with E-state index < -0.39 is 5.97 Å². The number of carbonyl (C=O) groups is 2. The summed E-state index contributed by atoms with van der Waals surface area (Å²) in [7, 11) is 0. The molecule has 0 radical (unpaired) electrons. The van der Waals surface area contributed by atoms with Gasteiger partial charge >= 0.3 is 5.97 Å². The summed E-state index contributed by atoms with van der Waals surface area (Å²) in [5.41, 5.74) is 0. The largest absolute Gasteiger partial charge is 0.472 e. The fraction of sp³-hybridized carbons (Fsp3) is 0. The summed E-state index contributed by atoms with van der Waals surface area (Å²) in [6.07, 6.45) is 0.520. The first-order valence-electron chi connectivity index (χ1n) is 3.02. The van der Waals surface area contributed by atoms with Crippen molar-refractivity contribution in [3.63, 3.8) is 0 Å². The lowest BCUT2D eigenvalue weighted by Gasteiger charge is -1.77. The number of carboxylic acids is 1. The van der Waals surface area contributed by atoms with Gasteiger partial charge in [-0.1, -0.05) is 0 Å². The molecule has 1 rings (SSSR count). The first-order valence-corrected chi connectivity index (χ1v) is 3.02. The van der Waals surface area contributed by atoms with Crippen molar-refractivity contribution in [2.45, 2.75) is 0 Å². The molecule has 0 bridgehead atoms. The van der Waals surface area contributed by atoms with E-state index in [4.69, 9.17) is 9.52 Å². The van der Waals surface area contributed by atoms with Gasteiger partial charge in [-0.15, -0.1) is 0 Å². The third kappa shape index (κ3) is 1.99. The van der Waals surface area contributed by atoms with E-state index in [1.807, 2.05) is 5.92 Å². The third-order valence-corrected chi connectivity index (χ3v) is 1.04. The molecule has 1 aromatic heterocycles. The highest BCUT2D eigenvalue weighted by molar-refractivity contribution is 5.87. The van der Waals surface area contributed by atoms with Gasteiger partial charge in [0.2, 0.25) is 0 Å². The van der Waals surface area contributed by atoms with Crippen LogP contribution in [0.3, 0.4) is 0 Å². The van der Waals surface area contributed by atoms with Crippen molar-refractivity contribution in [3.8, 4) is 11.8 Å². The average Bonchev–Trinajstić information content (AvgIpc) is 2.48. The van der Waals surface area contributed by atoms with Crippen LogP contribution in [0.15, 0.2) is 16.5 Å². The van der Waals surface area contributed by atoms with Gasteiger partial charge in [0.05, 0.1) is 0 Å². The predicted molar refractivity (Wildman–Crippen MR) is 38.6 cm³/mol. The molecule has 0 saturated heterocycles. The summed E-state index contributed by atoms with van der Waals surface area (Å²) in [6.45, 7) is 0. The van der Waals surface area contributed by atoms with Gasteiger partial charge < -0.3 is 9.52 Å². The Hall–Kier alpha value is -2.02. The van der Waals surface area contributed by atoms with E-state index in [1.54, 1.807) is 0 Å². The Morgan fingerprint density at radius 2 is 2.33 bits per heavy atom. The van der Waals surface area contributed by atoms with Crippen LogP contribution in [-0.4, -0.2) is 17.4 Å². The van der Waals surface area contributed by atoms with Crippen LogP contribution >= 0.6 is 0 Å². The number of furan rings is 1. The van der Waals surface area contributed by atoms with Gasteiger partial charge in [-0.3, -0.25) is 4.79 Å². The van der Waals surface area contributed by atoms with E-state index in [2.05, 4.69) is 5.92 Å². The van der Waals surface area contributed by atoms with Gasteiger partial charge in [0, 0.05) is 5.92 Å². The molecule has 0 aliphatic rings. The predicted octanol–water partition coefficient (Wildman–Crippen LogP) is 0.528. The molecule has 0 aliphatic carbocycles. The molecule has 0 saturated carbocycles. The van der Waals surface area contributed by atoms with Crippen molar-refractivity contribution in [1.82, 2.24) is 0 Å². The molecule has 4 heteroatoms. The van der Waals surface area contributed by atoms with Crippen LogP contribution in [0.5, 0.6) is 0 Å². The Morgan fingerprint density at radius 1 is 1.58 bits per heavy atom. The van der Waals surface area contributed by atoms with Crippen LogP contribution in [0.4, 0.5) is 0 Å². The molecule has 0 spiro atoms. The fourth-order valence-electron chi connectivity index (χ4n) is 0.598. The van der Waals surface area contributed by atoms with Crippen molar-refractivity contribution in [3.05, 3.63) is 23.7 Å². The van der Waals surface area contributed by atoms with Crippen molar-refractivity contribution < 1.29 is 19.1 Å². The first-order chi connectivity index (χ1) is 5.72. The summed E-state index contributed by atoms with van der Waals surface area (Å²) < 4.78 is 4.78. The van der Waals surface area contributed by atoms with Crippen LogP contribution in [-0.2, 0) is 4.79 Å². The molecular weight excluding hydrogens is 160 g/mol. The molecule has 0 amide bonds. The highest BCUT2D eigenvalue weighted by atomic mass is 16.4. The van der Waals surface area contributed by atoms with Crippen molar-refractivity contribution >= 4 is 12.3 Å². The van der Waals surface area contributed by atoms with Gasteiger partial charge in [0.15, 0.2) is 17.8 Å². The summed E-state index contributed by atoms with van der Waals surface area (Å²) in [4.78, 5) is 20.1. The van der Waals surface area contributed by atoms with E-state index >= 15 is 0 Å². The maximum atomic E-state index is 10.1. The topological polar surface area (TPSA) is 67.5 Å². The molecule has 1 heterocycles. The van der Waals surface area contributed by atoms with E-state index in [1.165, 1.54) is 12.1 Å². The van der Waals surface area contributed by atoms with E-state index in [9.17, 15) is 9.59 Å². The molecule has 60 valence electrons. The van der Waals surface area contributed by atoms with Crippen LogP contribution in [0, 0.1) is 11.8 Å². The maximum absolute atomic E-state index is 10.1. The number of hydrogen-bond donors (Lipinski definition) is 1. The molecule has 12 heavy (non-hydrogen) atoms. The molecule has 0 aromatic carbocycles. The van der Waals surface area contributed by atoms with Crippen LogP contribution in [0.1, 0.15) is 16.3 Å². The van der Waals surface area contributed by atoms with E-state index in [0.717, 1.165) is 0 Å². The van der Waals surface area contributed by atoms with Crippen molar-refractivity contribution in [2.75, 3.05) is 0 Å². The number of aliphatic carboxylic acids is 1. The minimum absolute atomic E-state index is 0.129. The van der Waals surface area contributed by atoms with Crippen LogP contribution < -0.4 is 0 Å². The van der Waals surface area contributed by atoms with Crippen molar-refractivity contribution in [2.24, 2.45) is 0 Å². The molecule has 0 fully saturated rings. The summed E-state index contributed by atoms with van der Waals surface area (Å²) in [5, 5.41) is 8.15. The fourth-order valence-corrected chi connectivity index (χ4v) is 0.598. The Labute approximate surface area is 67.8 Å². The van der Waals surface area contributed by atoms with E-state index in [0.29, 0.717) is 6.29 Å². The average molecular weight is 164 g/mol. The Balaban J connectivity index is 2.85. The van der Waals surface area contributed by atoms with Crippen LogP contribution in [0.25, 0.3) is 0 Å². The van der Waals surface area contributed by atoms with Gasteiger partial charge in [-0.2, -0.15) is 0 Å². The third-order valence-electron chi connectivity index (χ3n) is 1.04.